The third kappa shape index (κ3) is 1.85. The van der Waals surface area contributed by atoms with E-state index in [4.69, 9.17) is 4.74 Å². The first-order valence-corrected chi connectivity index (χ1v) is 8.20. The van der Waals surface area contributed by atoms with Crippen LogP contribution in [0.1, 0.15) is 25.7 Å². The van der Waals surface area contributed by atoms with E-state index in [1.807, 2.05) is 4.90 Å². The van der Waals surface area contributed by atoms with E-state index in [0.717, 1.165) is 12.8 Å². The summed E-state index contributed by atoms with van der Waals surface area (Å²) in [6.45, 7) is 0. The molecule has 2 bridgehead atoms. The average Bonchev–Trinajstić information content (AvgIpc) is 3.06. The molecule has 0 aromatic carbocycles. The molecule has 4 aliphatic rings. The third-order valence-electron chi connectivity index (χ3n) is 5.15. The minimum absolute atomic E-state index is 0.239. The highest BCUT2D eigenvalue weighted by atomic mass is 79.9. The normalized spacial score (nSPS) is 43.5. The number of carbonyl (C=O) groups excluding carboxylic acids is 2. The van der Waals surface area contributed by atoms with Crippen LogP contribution in [0, 0.1) is 0 Å². The Bertz CT molecular complexity index is 546. The monoisotopic (exact) mass is 371 g/mol. The van der Waals surface area contributed by atoms with Crippen LogP contribution in [0.25, 0.3) is 0 Å². The first-order chi connectivity index (χ1) is 10.5. The van der Waals surface area contributed by atoms with Gasteiger partial charge < -0.3 is 15.0 Å². The van der Waals surface area contributed by atoms with Gasteiger partial charge in [-0.15, -0.1) is 0 Å². The van der Waals surface area contributed by atoms with E-state index in [-0.39, 0.29) is 6.04 Å². The molecular formula is C13H18BrN5O3. The summed E-state index contributed by atoms with van der Waals surface area (Å²) in [6.07, 6.45) is 5.40. The average molecular weight is 372 g/mol. The van der Waals surface area contributed by atoms with Crippen LogP contribution in [-0.4, -0.2) is 64.2 Å². The second-order valence-electron chi connectivity index (χ2n) is 6.30. The molecular weight excluding hydrogens is 354 g/mol. The molecule has 3 saturated heterocycles. The molecule has 4 aliphatic heterocycles. The molecule has 0 aliphatic carbocycles. The maximum absolute atomic E-state index is 12.3. The van der Waals surface area contributed by atoms with Gasteiger partial charge in [0.05, 0.1) is 22.5 Å². The Morgan fingerprint density at radius 3 is 2.68 bits per heavy atom. The molecule has 22 heavy (non-hydrogen) atoms. The van der Waals surface area contributed by atoms with Gasteiger partial charge in [0.1, 0.15) is 0 Å². The van der Waals surface area contributed by atoms with Crippen LogP contribution in [0.15, 0.2) is 4.99 Å². The van der Waals surface area contributed by atoms with Crippen molar-refractivity contribution >= 4 is 34.4 Å². The molecule has 3 amide bonds. The van der Waals surface area contributed by atoms with Crippen LogP contribution >= 0.6 is 16.1 Å². The second-order valence-corrected chi connectivity index (χ2v) is 7.06. The molecule has 4 rings (SSSR count). The molecule has 0 spiro atoms. The Morgan fingerprint density at radius 2 is 2.05 bits per heavy atom. The molecule has 4 heterocycles. The van der Waals surface area contributed by atoms with Crippen molar-refractivity contribution in [1.29, 1.82) is 0 Å². The summed E-state index contributed by atoms with van der Waals surface area (Å²) in [7, 11) is 1.44. The number of urea groups is 1. The zero-order valence-electron chi connectivity index (χ0n) is 12.2. The molecule has 0 aromatic heterocycles. The minimum atomic E-state index is -1.40. The lowest BCUT2D eigenvalue weighted by Crippen LogP contribution is -2.70. The summed E-state index contributed by atoms with van der Waals surface area (Å²) < 4.78 is 6.76. The van der Waals surface area contributed by atoms with Gasteiger partial charge in [0, 0.05) is 25.2 Å². The Balaban J connectivity index is 1.65. The molecule has 4 unspecified atom stereocenters. The molecule has 0 saturated carbocycles. The van der Waals surface area contributed by atoms with E-state index < -0.39 is 23.8 Å². The van der Waals surface area contributed by atoms with E-state index in [2.05, 4.69) is 31.8 Å². The second kappa shape index (κ2) is 4.90. The topological polar surface area (TPSA) is 86.3 Å². The van der Waals surface area contributed by atoms with Crippen molar-refractivity contribution in [3.63, 3.8) is 0 Å². The number of piperidine rings is 1. The zero-order chi connectivity index (χ0) is 15.5. The molecule has 120 valence electrons. The lowest BCUT2D eigenvalue weighted by Gasteiger charge is -2.46. The molecule has 4 atom stereocenters. The van der Waals surface area contributed by atoms with Crippen LogP contribution < -0.4 is 10.6 Å². The smallest absolute Gasteiger partial charge is 0.336 e. The van der Waals surface area contributed by atoms with Crippen molar-refractivity contribution < 1.29 is 14.3 Å². The first-order valence-electron chi connectivity index (χ1n) is 7.49. The van der Waals surface area contributed by atoms with Gasteiger partial charge in [-0.2, -0.15) is 0 Å². The number of hydrogen-bond donors (Lipinski definition) is 2. The predicted octanol–water partition coefficient (Wildman–Crippen LogP) is 0.144. The Labute approximate surface area is 136 Å². The number of methoxy groups -OCH3 is 1. The number of amides is 3. The SMILES string of the molecule is COC12N=CN(C3CC4CCC(C3)N4)C1N(Br)C(=O)NC2=O. The number of nitrogens with zero attached hydrogens (tertiary/aromatic N) is 3. The van der Waals surface area contributed by atoms with Crippen molar-refractivity contribution in [2.45, 2.75) is 55.7 Å². The molecule has 9 heteroatoms. The molecule has 2 N–H and O–H groups in total. The van der Waals surface area contributed by atoms with Gasteiger partial charge in [-0.3, -0.25) is 10.1 Å². The van der Waals surface area contributed by atoms with Crippen molar-refractivity contribution in [3.8, 4) is 0 Å². The summed E-state index contributed by atoms with van der Waals surface area (Å²) in [4.78, 5) is 30.6. The van der Waals surface area contributed by atoms with Gasteiger partial charge in [-0.25, -0.2) is 13.7 Å². The number of hydrogen-bond acceptors (Lipinski definition) is 6. The first kappa shape index (κ1) is 14.4. The van der Waals surface area contributed by atoms with Crippen molar-refractivity contribution in [1.82, 2.24) is 19.5 Å². The summed E-state index contributed by atoms with van der Waals surface area (Å²) in [5.41, 5.74) is -1.40. The van der Waals surface area contributed by atoms with Gasteiger partial charge in [-0.1, -0.05) is 0 Å². The maximum Gasteiger partial charge on any atom is 0.336 e. The number of halogens is 1. The molecule has 3 fully saturated rings. The lowest BCUT2D eigenvalue weighted by molar-refractivity contribution is -0.155. The summed E-state index contributed by atoms with van der Waals surface area (Å²) in [5, 5.41) is 5.86. The quantitative estimate of drug-likeness (QED) is 0.674. The maximum atomic E-state index is 12.3. The van der Waals surface area contributed by atoms with Crippen molar-refractivity contribution in [3.05, 3.63) is 0 Å². The van der Waals surface area contributed by atoms with Crippen LogP contribution in [0.3, 0.4) is 0 Å². The minimum Gasteiger partial charge on any atom is -0.346 e. The molecule has 8 nitrogen and oxygen atoms in total. The largest absolute Gasteiger partial charge is 0.346 e. The Morgan fingerprint density at radius 1 is 1.36 bits per heavy atom. The van der Waals surface area contributed by atoms with Gasteiger partial charge >= 0.3 is 6.03 Å². The number of ether oxygens (including phenoxy) is 1. The molecule has 0 radical (unpaired) electrons. The number of aliphatic imine (C=N–C) groups is 1. The third-order valence-corrected chi connectivity index (χ3v) is 5.86. The zero-order valence-corrected chi connectivity index (χ0v) is 13.7. The molecule has 0 aromatic rings. The standard InChI is InChI=1S/C13H18BrN5O3/c1-22-13-10(20)17-12(21)19(14)11(13)18(6-15-13)9-4-7-2-3-8(5-9)16-7/h6-9,11,16H,2-5H2,1H3,(H,17,20,21). The fraction of sp³-hybridized carbons (Fsp3) is 0.769. The van der Waals surface area contributed by atoms with E-state index >= 15 is 0 Å². The van der Waals surface area contributed by atoms with Gasteiger partial charge in [-0.05, 0) is 25.7 Å². The van der Waals surface area contributed by atoms with E-state index in [1.54, 1.807) is 6.34 Å². The Kier molecular flexibility index (Phi) is 3.21. The number of imide groups is 1. The highest BCUT2D eigenvalue weighted by molar-refractivity contribution is 9.07. The number of rotatable bonds is 2. The summed E-state index contributed by atoms with van der Waals surface area (Å²) in [5.74, 6) is -0.517. The van der Waals surface area contributed by atoms with Crippen LogP contribution in [-0.2, 0) is 9.53 Å². The number of carbonyl (C=O) groups is 2. The summed E-state index contributed by atoms with van der Waals surface area (Å²) in [6, 6.07) is 0.761. The van der Waals surface area contributed by atoms with E-state index in [0.29, 0.717) is 12.1 Å². The Hall–Kier alpha value is -1.19. The fourth-order valence-corrected chi connectivity index (χ4v) is 4.68. The van der Waals surface area contributed by atoms with Gasteiger partial charge in [0.15, 0.2) is 6.17 Å². The van der Waals surface area contributed by atoms with Crippen molar-refractivity contribution in [2.75, 3.05) is 7.11 Å². The van der Waals surface area contributed by atoms with Gasteiger partial charge in [0.2, 0.25) is 0 Å². The van der Waals surface area contributed by atoms with Crippen molar-refractivity contribution in [2.24, 2.45) is 4.99 Å². The van der Waals surface area contributed by atoms with E-state index in [1.165, 1.54) is 23.9 Å². The van der Waals surface area contributed by atoms with Gasteiger partial charge in [0.25, 0.3) is 11.6 Å². The fourth-order valence-electron chi connectivity index (χ4n) is 4.10. The summed E-state index contributed by atoms with van der Waals surface area (Å²) >= 11 is 3.27. The van der Waals surface area contributed by atoms with Crippen LogP contribution in [0.2, 0.25) is 0 Å². The van der Waals surface area contributed by atoms with Crippen LogP contribution in [0.4, 0.5) is 4.79 Å². The number of nitrogens with one attached hydrogen (secondary N) is 2. The van der Waals surface area contributed by atoms with E-state index in [9.17, 15) is 9.59 Å². The van der Waals surface area contributed by atoms with Crippen LogP contribution in [0.5, 0.6) is 0 Å². The highest BCUT2D eigenvalue weighted by Crippen LogP contribution is 2.39. The lowest BCUT2D eigenvalue weighted by atomic mass is 9.96. The predicted molar refractivity (Wildman–Crippen MR) is 81.1 cm³/mol. The number of fused-ring (bicyclic) bond motifs is 3. The highest BCUT2D eigenvalue weighted by Gasteiger charge is 2.61.